The first-order valence-electron chi connectivity index (χ1n) is 26.0. The molecule has 1 rings (SSSR count). The van der Waals surface area contributed by atoms with Crippen LogP contribution in [0.3, 0.4) is 0 Å². The number of carboxylic acids is 2. The standard InChI is InChI=1S/C47H82ClN17O14S/c1-6-24(4)36(64-41(75)28(13-14-48)60-44(78)32-12-9-17-65(32)33(66)20-49)45(79)62-29(18-23(2)3)42(76)57-25(5)37(71)58-26(10-7-15-54-46(50)51)39(73)61-30(19-34(67)68)43(77)59-27(11-8-16-55-47(52)53)40(74)63-31(22-80)38(72)56-21-35(69)70/h23-32,36,80H,6-22,49H2,1-5H3,(H,56,72)(H,57,76)(H,58,71)(H,59,77)(H,60,78)(H,61,73)(H,62,79)(H,63,74)(H,64,75)(H,67,68)(H,69,70)(H4,50,51,54)(H4,52,53,55)/t24-,25-,26-,27-,28-,29-,30-,31-,32-,36-/m0/s1. The molecule has 1 saturated heterocycles. The zero-order valence-corrected chi connectivity index (χ0v) is 47.4. The number of carboxylic acid groups (broad SMARTS) is 2. The van der Waals surface area contributed by atoms with Gasteiger partial charge in [0.05, 0.1) is 13.0 Å². The molecule has 1 fully saturated rings. The summed E-state index contributed by atoms with van der Waals surface area (Å²) in [7, 11) is 0. The third-order valence-electron chi connectivity index (χ3n) is 12.4. The van der Waals surface area contributed by atoms with Gasteiger partial charge in [0.25, 0.3) is 0 Å². The van der Waals surface area contributed by atoms with Crippen LogP contribution in [0.4, 0.5) is 0 Å². The summed E-state index contributed by atoms with van der Waals surface area (Å²) in [6.45, 7) is 7.38. The molecule has 0 radical (unpaired) electrons. The molecule has 1 aliphatic rings. The number of alkyl halides is 1. The molecular formula is C47H82ClN17O14S. The second-order valence-electron chi connectivity index (χ2n) is 19.3. The first-order valence-corrected chi connectivity index (χ1v) is 27.2. The number of carbonyl (C=O) groups excluding carboxylic acids is 10. The number of halogens is 1. The molecule has 0 aliphatic carbocycles. The van der Waals surface area contributed by atoms with Crippen molar-refractivity contribution in [2.75, 3.05) is 44.4 Å². The molecule has 1 heterocycles. The number of carbonyl (C=O) groups is 12. The van der Waals surface area contributed by atoms with E-state index in [4.69, 9.17) is 45.4 Å². The van der Waals surface area contributed by atoms with E-state index in [1.807, 2.05) is 0 Å². The van der Waals surface area contributed by atoms with Gasteiger partial charge >= 0.3 is 11.9 Å². The minimum atomic E-state index is -1.91. The van der Waals surface area contributed by atoms with Crippen molar-refractivity contribution in [2.24, 2.45) is 50.5 Å². The van der Waals surface area contributed by atoms with E-state index < -0.39 is 144 Å². The van der Waals surface area contributed by atoms with E-state index in [0.29, 0.717) is 25.8 Å². The lowest BCUT2D eigenvalue weighted by molar-refractivity contribution is -0.141. The second kappa shape index (κ2) is 36.9. The Morgan fingerprint density at radius 3 is 1.60 bits per heavy atom. The molecule has 0 aromatic carbocycles. The predicted molar refractivity (Wildman–Crippen MR) is 296 cm³/mol. The van der Waals surface area contributed by atoms with Crippen molar-refractivity contribution >= 4 is 107 Å². The first-order chi connectivity index (χ1) is 37.6. The van der Waals surface area contributed by atoms with Crippen molar-refractivity contribution < 1.29 is 67.7 Å². The van der Waals surface area contributed by atoms with Crippen LogP contribution in [0.1, 0.15) is 98.8 Å². The van der Waals surface area contributed by atoms with Crippen LogP contribution >= 0.6 is 24.2 Å². The third-order valence-corrected chi connectivity index (χ3v) is 12.9. The first kappa shape index (κ1) is 70.8. The monoisotopic (exact) mass is 1180 g/mol. The Hall–Kier alpha value is -7.22. The highest BCUT2D eigenvalue weighted by atomic mass is 35.5. The molecule has 80 heavy (non-hydrogen) atoms. The number of aliphatic imine (C=N–C) groups is 2. The van der Waals surface area contributed by atoms with Gasteiger partial charge in [-0.1, -0.05) is 34.1 Å². The average molecular weight is 1180 g/mol. The number of guanidine groups is 2. The van der Waals surface area contributed by atoms with E-state index >= 15 is 0 Å². The maximum Gasteiger partial charge on any atom is 0.322 e. The number of likely N-dealkylation sites (tertiary alicyclic amines) is 1. The van der Waals surface area contributed by atoms with Crippen LogP contribution < -0.4 is 76.5 Å². The van der Waals surface area contributed by atoms with Gasteiger partial charge in [0, 0.05) is 31.3 Å². The Balaban J connectivity index is 3.42. The van der Waals surface area contributed by atoms with Crippen LogP contribution in [0.15, 0.2) is 9.98 Å². The largest absolute Gasteiger partial charge is 0.481 e. The van der Waals surface area contributed by atoms with Crippen LogP contribution in [0.5, 0.6) is 0 Å². The van der Waals surface area contributed by atoms with E-state index in [0.717, 1.165) is 0 Å². The smallest absolute Gasteiger partial charge is 0.322 e. The summed E-state index contributed by atoms with van der Waals surface area (Å²) in [4.78, 5) is 168. The minimum Gasteiger partial charge on any atom is -0.481 e. The Morgan fingerprint density at radius 2 is 1.11 bits per heavy atom. The number of nitrogens with zero attached hydrogens (tertiary/aromatic N) is 3. The molecule has 0 saturated carbocycles. The molecule has 31 nitrogen and oxygen atoms in total. The molecule has 10 atom stereocenters. The summed E-state index contributed by atoms with van der Waals surface area (Å²) in [5.74, 6) is -13.2. The highest BCUT2D eigenvalue weighted by molar-refractivity contribution is 7.80. The second-order valence-corrected chi connectivity index (χ2v) is 20.1. The number of rotatable bonds is 37. The fourth-order valence-electron chi connectivity index (χ4n) is 7.92. The number of amides is 10. The highest BCUT2D eigenvalue weighted by Gasteiger charge is 2.38. The highest BCUT2D eigenvalue weighted by Crippen LogP contribution is 2.18. The Bertz CT molecular complexity index is 2220. The van der Waals surface area contributed by atoms with Crippen LogP contribution in [-0.2, 0) is 57.5 Å². The molecule has 452 valence electrons. The fourth-order valence-corrected chi connectivity index (χ4v) is 8.40. The SMILES string of the molecule is CC[C@H](C)[C@H](NC(=O)[C@H](CCCl)NC(=O)[C@@H]1CCCN1C(=O)CN)C(=O)N[C@@H](CC(C)C)C(=O)N[C@@H](C)C(=O)N[C@@H](CCCN=C(N)N)C(=O)N[C@@H](CC(=O)O)C(=O)N[C@@H](CCCN=C(N)N)C(=O)N[C@@H](CS)C(=O)NCC(=O)O. The third kappa shape index (κ3) is 26.2. The van der Waals surface area contributed by atoms with Crippen molar-refractivity contribution in [3.63, 3.8) is 0 Å². The molecule has 0 bridgehead atoms. The molecule has 0 spiro atoms. The molecule has 0 aromatic heterocycles. The van der Waals surface area contributed by atoms with Gasteiger partial charge in [0.2, 0.25) is 59.1 Å². The average Bonchev–Trinajstić information content (AvgIpc) is 3.90. The number of thiol groups is 1. The lowest BCUT2D eigenvalue weighted by Crippen LogP contribution is -2.61. The maximum atomic E-state index is 14.1. The Morgan fingerprint density at radius 1 is 0.625 bits per heavy atom. The van der Waals surface area contributed by atoms with Gasteiger partial charge in [-0.15, -0.1) is 11.6 Å². The van der Waals surface area contributed by atoms with Gasteiger partial charge in [-0.2, -0.15) is 12.6 Å². The number of aliphatic carboxylic acids is 2. The van der Waals surface area contributed by atoms with E-state index in [2.05, 4.69) is 70.5 Å². The topological polar surface area (TPSA) is 512 Å². The van der Waals surface area contributed by atoms with Crippen LogP contribution in [0, 0.1) is 11.8 Å². The van der Waals surface area contributed by atoms with E-state index in [1.54, 1.807) is 27.7 Å². The number of nitrogens with one attached hydrogen (secondary N) is 9. The van der Waals surface area contributed by atoms with E-state index in [9.17, 15) is 62.6 Å². The van der Waals surface area contributed by atoms with Crippen molar-refractivity contribution in [1.29, 1.82) is 0 Å². The summed E-state index contributed by atoms with van der Waals surface area (Å²) in [5.41, 5.74) is 27.2. The van der Waals surface area contributed by atoms with Gasteiger partial charge in [-0.05, 0) is 70.1 Å². The van der Waals surface area contributed by atoms with Gasteiger partial charge in [0.15, 0.2) is 11.9 Å². The number of hydrogen-bond donors (Lipinski definition) is 17. The summed E-state index contributed by atoms with van der Waals surface area (Å²) in [6.07, 6.45) is -0.140. The van der Waals surface area contributed by atoms with E-state index in [1.165, 1.54) is 11.8 Å². The minimum absolute atomic E-state index is 0.0293. The predicted octanol–water partition coefficient (Wildman–Crippen LogP) is -5.73. The lowest BCUT2D eigenvalue weighted by Gasteiger charge is -2.30. The molecule has 0 unspecified atom stereocenters. The number of hydrogen-bond acceptors (Lipinski definition) is 16. The van der Waals surface area contributed by atoms with Crippen molar-refractivity contribution in [2.45, 2.75) is 153 Å². The normalized spacial score (nSPS) is 16.2. The van der Waals surface area contributed by atoms with Gasteiger partial charge < -0.3 is 91.6 Å². The number of nitrogens with two attached hydrogens (primary N) is 5. The molecule has 21 N–H and O–H groups in total. The molecular weight excluding hydrogens is 1090 g/mol. The molecule has 1 aliphatic heterocycles. The molecule has 10 amide bonds. The quantitative estimate of drug-likeness (QED) is 0.00906. The van der Waals surface area contributed by atoms with Gasteiger partial charge in [-0.3, -0.25) is 67.5 Å². The van der Waals surface area contributed by atoms with Crippen molar-refractivity contribution in [3.05, 3.63) is 0 Å². The van der Waals surface area contributed by atoms with Gasteiger partial charge in [-0.25, -0.2) is 0 Å². The molecule has 0 aromatic rings. The molecule has 33 heteroatoms. The zero-order chi connectivity index (χ0) is 60.8. The maximum absolute atomic E-state index is 14.1. The van der Waals surface area contributed by atoms with Crippen molar-refractivity contribution in [3.8, 4) is 0 Å². The lowest BCUT2D eigenvalue weighted by atomic mass is 9.96. The van der Waals surface area contributed by atoms with Crippen LogP contribution in [0.25, 0.3) is 0 Å². The summed E-state index contributed by atoms with van der Waals surface area (Å²) >= 11 is 10.1. The Kier molecular flexibility index (Phi) is 32.6. The summed E-state index contributed by atoms with van der Waals surface area (Å²) in [6, 6.07) is -12.4. The summed E-state index contributed by atoms with van der Waals surface area (Å²) < 4.78 is 0. The summed E-state index contributed by atoms with van der Waals surface area (Å²) in [5, 5.41) is 40.9. The van der Waals surface area contributed by atoms with Crippen LogP contribution in [-0.4, -0.2) is 197 Å². The van der Waals surface area contributed by atoms with E-state index in [-0.39, 0.29) is 87.6 Å². The van der Waals surface area contributed by atoms with Crippen molar-refractivity contribution in [1.82, 2.24) is 52.8 Å². The zero-order valence-electron chi connectivity index (χ0n) is 45.7. The fraction of sp³-hybridized carbons (Fsp3) is 0.702. The van der Waals surface area contributed by atoms with Crippen LogP contribution in [0.2, 0.25) is 0 Å². The Labute approximate surface area is 474 Å². The van der Waals surface area contributed by atoms with Gasteiger partial charge in [0.1, 0.15) is 60.9 Å².